The maximum absolute atomic E-state index is 9.97. The molecular formula is C18H17ClN2O5. The molecule has 0 saturated heterocycles. The third-order valence-corrected chi connectivity index (χ3v) is 3.97. The van der Waals surface area contributed by atoms with Crippen LogP contribution < -0.4 is 9.47 Å². The first-order valence-corrected chi connectivity index (χ1v) is 8.04. The summed E-state index contributed by atoms with van der Waals surface area (Å²) in [5.41, 5.74) is 1.36. The van der Waals surface area contributed by atoms with Gasteiger partial charge in [0.1, 0.15) is 16.6 Å². The molecule has 3 rings (SSSR count). The number of hydrogen-bond donors (Lipinski definition) is 1. The summed E-state index contributed by atoms with van der Waals surface area (Å²) in [5.74, 6) is 2.35. The van der Waals surface area contributed by atoms with Gasteiger partial charge in [-0.2, -0.15) is 0 Å². The van der Waals surface area contributed by atoms with E-state index >= 15 is 0 Å². The molecule has 0 fully saturated rings. The van der Waals surface area contributed by atoms with Gasteiger partial charge in [0.25, 0.3) is 11.8 Å². The van der Waals surface area contributed by atoms with Crippen LogP contribution in [0.2, 0.25) is 0 Å². The first-order valence-electron chi connectivity index (χ1n) is 7.66. The number of aromatic nitrogens is 2. The fraction of sp³-hybridized carbons (Fsp3) is 0.222. The highest BCUT2D eigenvalue weighted by Gasteiger charge is 2.17. The van der Waals surface area contributed by atoms with Gasteiger partial charge in [0.2, 0.25) is 5.75 Å². The van der Waals surface area contributed by atoms with Crippen molar-refractivity contribution in [2.24, 2.45) is 0 Å². The lowest BCUT2D eigenvalue weighted by atomic mass is 10.1. The number of benzene rings is 1. The number of methoxy groups -OCH3 is 2. The van der Waals surface area contributed by atoms with Gasteiger partial charge in [-0.15, -0.1) is 10.2 Å². The van der Waals surface area contributed by atoms with Crippen molar-refractivity contribution in [1.82, 2.24) is 10.2 Å². The molecule has 0 radical (unpaired) electrons. The summed E-state index contributed by atoms with van der Waals surface area (Å²) in [5, 5.41) is 18.2. The lowest BCUT2D eigenvalue weighted by molar-refractivity contribution is 0.340. The molecule has 0 atom stereocenters. The zero-order chi connectivity index (χ0) is 18.8. The molecule has 0 saturated carbocycles. The van der Waals surface area contributed by atoms with E-state index in [2.05, 4.69) is 10.2 Å². The Hall–Kier alpha value is -2.93. The fourth-order valence-corrected chi connectivity index (χ4v) is 2.68. The van der Waals surface area contributed by atoms with Gasteiger partial charge < -0.3 is 23.4 Å². The van der Waals surface area contributed by atoms with Crippen molar-refractivity contribution in [2.75, 3.05) is 14.2 Å². The average Bonchev–Trinajstić information content (AvgIpc) is 3.22. The molecule has 3 aromatic rings. The number of nitrogens with zero attached hydrogens (tertiary/aromatic N) is 2. The van der Waals surface area contributed by atoms with E-state index in [4.69, 9.17) is 29.9 Å². The van der Waals surface area contributed by atoms with Crippen LogP contribution in [0.15, 0.2) is 27.0 Å². The summed E-state index contributed by atoms with van der Waals surface area (Å²) in [6, 6.07) is 5.04. The summed E-state index contributed by atoms with van der Waals surface area (Å²) in [4.78, 5) is 0. The molecule has 0 aliphatic carbocycles. The Kier molecular flexibility index (Phi) is 4.90. The Bertz CT molecular complexity index is 949. The highest BCUT2D eigenvalue weighted by molar-refractivity contribution is 6.50. The topological polar surface area (TPSA) is 90.8 Å². The van der Waals surface area contributed by atoms with Crippen LogP contribution in [0.25, 0.3) is 22.6 Å². The van der Waals surface area contributed by atoms with E-state index in [0.29, 0.717) is 17.2 Å². The summed E-state index contributed by atoms with van der Waals surface area (Å²) in [6.07, 6.45) is 1.61. The minimum Gasteiger partial charge on any atom is -0.502 e. The van der Waals surface area contributed by atoms with Gasteiger partial charge in [0, 0.05) is 0 Å². The lowest BCUT2D eigenvalue weighted by Gasteiger charge is -2.09. The number of aromatic hydroxyl groups is 1. The molecule has 0 amide bonds. The number of halogens is 1. The van der Waals surface area contributed by atoms with Crippen molar-refractivity contribution in [3.8, 4) is 28.7 Å². The SMILES string of the molecule is COc1cc(/C=C(\Cl)c2nnc(-c3cc(C)oc3C)o2)cc(OC)c1O. The van der Waals surface area contributed by atoms with Crippen molar-refractivity contribution in [2.45, 2.75) is 13.8 Å². The van der Waals surface area contributed by atoms with Crippen LogP contribution in [0.1, 0.15) is 23.0 Å². The Morgan fingerprint density at radius 1 is 1.08 bits per heavy atom. The predicted molar refractivity (Wildman–Crippen MR) is 96.4 cm³/mol. The molecule has 8 heteroatoms. The van der Waals surface area contributed by atoms with Crippen LogP contribution in [0.5, 0.6) is 17.2 Å². The Morgan fingerprint density at radius 2 is 1.73 bits per heavy atom. The molecule has 7 nitrogen and oxygen atoms in total. The molecule has 0 aliphatic rings. The maximum Gasteiger partial charge on any atom is 0.259 e. The van der Waals surface area contributed by atoms with Gasteiger partial charge in [-0.3, -0.25) is 0 Å². The maximum atomic E-state index is 9.97. The molecular weight excluding hydrogens is 360 g/mol. The Balaban J connectivity index is 1.95. The quantitative estimate of drug-likeness (QED) is 0.705. The molecule has 0 aliphatic heterocycles. The van der Waals surface area contributed by atoms with Crippen molar-refractivity contribution < 1.29 is 23.4 Å². The number of phenols is 1. The number of ether oxygens (including phenoxy) is 2. The summed E-state index contributed by atoms with van der Waals surface area (Å²) in [7, 11) is 2.90. The summed E-state index contributed by atoms with van der Waals surface area (Å²) in [6.45, 7) is 3.66. The molecule has 0 spiro atoms. The average molecular weight is 377 g/mol. The largest absolute Gasteiger partial charge is 0.502 e. The van der Waals surface area contributed by atoms with E-state index in [1.807, 2.05) is 19.9 Å². The third-order valence-electron chi connectivity index (χ3n) is 3.70. The van der Waals surface area contributed by atoms with E-state index in [-0.39, 0.29) is 28.2 Å². The van der Waals surface area contributed by atoms with Gasteiger partial charge in [0.15, 0.2) is 11.5 Å². The minimum absolute atomic E-state index is 0.0887. The van der Waals surface area contributed by atoms with Gasteiger partial charge in [0.05, 0.1) is 19.8 Å². The normalized spacial score (nSPS) is 11.7. The van der Waals surface area contributed by atoms with Gasteiger partial charge >= 0.3 is 0 Å². The van der Waals surface area contributed by atoms with Crippen LogP contribution in [-0.4, -0.2) is 29.5 Å². The van der Waals surface area contributed by atoms with Crippen LogP contribution in [-0.2, 0) is 0 Å². The Morgan fingerprint density at radius 3 is 2.27 bits per heavy atom. The molecule has 0 unspecified atom stereocenters. The molecule has 1 N–H and O–H groups in total. The van der Waals surface area contributed by atoms with Gasteiger partial charge in [-0.25, -0.2) is 0 Å². The number of aryl methyl sites for hydroxylation is 2. The van der Waals surface area contributed by atoms with Gasteiger partial charge in [-0.1, -0.05) is 11.6 Å². The Labute approximate surface area is 154 Å². The van der Waals surface area contributed by atoms with E-state index in [0.717, 1.165) is 11.3 Å². The monoisotopic (exact) mass is 376 g/mol. The first kappa shape index (κ1) is 17.9. The number of furan rings is 1. The number of rotatable bonds is 5. The molecule has 2 heterocycles. The summed E-state index contributed by atoms with van der Waals surface area (Å²) < 4.78 is 21.4. The second-order valence-electron chi connectivity index (χ2n) is 5.51. The standard InChI is InChI=1S/C18H17ClN2O5/c1-9-5-12(10(2)25-9)17-20-21-18(26-17)13(19)6-11-7-14(23-3)16(22)15(8-11)24-4/h5-8,22H,1-4H3/b13-6-. The van der Waals surface area contributed by atoms with E-state index in [9.17, 15) is 5.11 Å². The van der Waals surface area contributed by atoms with Crippen LogP contribution >= 0.6 is 11.6 Å². The zero-order valence-electron chi connectivity index (χ0n) is 14.7. The van der Waals surface area contributed by atoms with Crippen molar-refractivity contribution in [1.29, 1.82) is 0 Å². The second-order valence-corrected chi connectivity index (χ2v) is 5.91. The number of hydrogen-bond acceptors (Lipinski definition) is 7. The van der Waals surface area contributed by atoms with Crippen LogP contribution in [0, 0.1) is 13.8 Å². The van der Waals surface area contributed by atoms with E-state index < -0.39 is 0 Å². The predicted octanol–water partition coefficient (Wildman–Crippen LogP) is 4.41. The van der Waals surface area contributed by atoms with Crippen LogP contribution in [0.4, 0.5) is 0 Å². The van der Waals surface area contributed by atoms with Crippen molar-refractivity contribution >= 4 is 22.7 Å². The molecule has 1 aromatic carbocycles. The van der Waals surface area contributed by atoms with Crippen molar-refractivity contribution in [3.05, 3.63) is 41.2 Å². The van der Waals surface area contributed by atoms with Crippen LogP contribution in [0.3, 0.4) is 0 Å². The van der Waals surface area contributed by atoms with E-state index in [1.54, 1.807) is 18.2 Å². The number of phenolic OH excluding ortho intramolecular Hbond substituents is 1. The smallest absolute Gasteiger partial charge is 0.259 e. The molecule has 2 aromatic heterocycles. The zero-order valence-corrected chi connectivity index (χ0v) is 15.4. The molecule has 136 valence electrons. The highest BCUT2D eigenvalue weighted by atomic mass is 35.5. The van der Waals surface area contributed by atoms with Crippen molar-refractivity contribution in [3.63, 3.8) is 0 Å². The highest BCUT2D eigenvalue weighted by Crippen LogP contribution is 2.38. The summed E-state index contributed by atoms with van der Waals surface area (Å²) >= 11 is 6.31. The molecule has 0 bridgehead atoms. The third kappa shape index (κ3) is 3.39. The van der Waals surface area contributed by atoms with E-state index in [1.165, 1.54) is 14.2 Å². The second kappa shape index (κ2) is 7.13. The first-order chi connectivity index (χ1) is 12.4. The van der Waals surface area contributed by atoms with Gasteiger partial charge in [-0.05, 0) is 43.7 Å². The molecule has 26 heavy (non-hydrogen) atoms. The fourth-order valence-electron chi connectivity index (χ4n) is 2.48. The minimum atomic E-state index is -0.0887. The lowest BCUT2D eigenvalue weighted by Crippen LogP contribution is -1.90.